The van der Waals surface area contributed by atoms with Crippen molar-refractivity contribution in [2.24, 2.45) is 0 Å². The van der Waals surface area contributed by atoms with E-state index in [2.05, 4.69) is 4.72 Å². The number of nitrogens with one attached hydrogen (secondary N) is 1. The largest absolute Gasteiger partial charge is 0.339 e. The molecule has 164 valence electrons. The summed E-state index contributed by atoms with van der Waals surface area (Å²) in [5, 5.41) is 0. The maximum Gasteiger partial charge on any atom is 0.252 e. The Labute approximate surface area is 183 Å². The van der Waals surface area contributed by atoms with Crippen LogP contribution in [-0.2, 0) is 24.8 Å². The third-order valence-corrected chi connectivity index (χ3v) is 9.69. The van der Waals surface area contributed by atoms with E-state index in [1.165, 1.54) is 40.4 Å². The summed E-state index contributed by atoms with van der Waals surface area (Å²) < 4.78 is 67.7. The topological polar surface area (TPSA) is 104 Å². The van der Waals surface area contributed by atoms with Gasteiger partial charge in [-0.3, -0.25) is 4.79 Å². The Hall–Kier alpha value is -1.57. The SMILES string of the molecule is C[C@H](NS(=O)(=O)c1ccccc1F)C(=O)N1CCN(S(=O)(=O)c2ccc(Cl)s2)CC1. The summed E-state index contributed by atoms with van der Waals surface area (Å²) in [6, 6.07) is 6.65. The van der Waals surface area contributed by atoms with Crippen molar-refractivity contribution in [2.45, 2.75) is 22.1 Å². The van der Waals surface area contributed by atoms with Gasteiger partial charge in [0.2, 0.25) is 15.9 Å². The number of carbonyl (C=O) groups excluding carboxylic acids is 1. The Morgan fingerprint density at radius 2 is 1.73 bits per heavy atom. The summed E-state index contributed by atoms with van der Waals surface area (Å²) in [6.07, 6.45) is 0. The van der Waals surface area contributed by atoms with Crippen molar-refractivity contribution >= 4 is 48.9 Å². The number of amides is 1. The second kappa shape index (κ2) is 8.89. The van der Waals surface area contributed by atoms with Gasteiger partial charge in [-0.25, -0.2) is 21.2 Å². The van der Waals surface area contributed by atoms with Crippen LogP contribution in [0.3, 0.4) is 0 Å². The molecule has 0 spiro atoms. The molecule has 30 heavy (non-hydrogen) atoms. The van der Waals surface area contributed by atoms with Crippen LogP contribution in [0.15, 0.2) is 45.5 Å². The standard InChI is InChI=1S/C17H19ClFN3O5S3/c1-12(20-29(24,25)14-5-3-2-4-13(14)19)17(23)21-8-10-22(11-9-21)30(26,27)16-7-6-15(18)28-16/h2-7,12,20H,8-11H2,1H3/t12-/m0/s1. The molecule has 2 heterocycles. The summed E-state index contributed by atoms with van der Waals surface area (Å²) in [5.41, 5.74) is 0. The number of rotatable bonds is 6. The first kappa shape index (κ1) is 23.1. The second-order valence-electron chi connectivity index (χ2n) is 6.56. The third kappa shape index (κ3) is 4.84. The average Bonchev–Trinajstić information content (AvgIpc) is 3.14. The zero-order valence-corrected chi connectivity index (χ0v) is 19.0. The maximum absolute atomic E-state index is 13.8. The molecule has 0 bridgehead atoms. The van der Waals surface area contributed by atoms with Gasteiger partial charge in [0.25, 0.3) is 10.0 Å². The summed E-state index contributed by atoms with van der Waals surface area (Å²) in [7, 11) is -7.94. The van der Waals surface area contributed by atoms with Crippen LogP contribution < -0.4 is 4.72 Å². The third-order valence-electron chi connectivity index (χ3n) is 4.52. The van der Waals surface area contributed by atoms with Gasteiger partial charge in [-0.15, -0.1) is 11.3 Å². The molecule has 1 saturated heterocycles. The Balaban J connectivity index is 1.63. The van der Waals surface area contributed by atoms with Crippen molar-refractivity contribution in [1.82, 2.24) is 13.9 Å². The smallest absolute Gasteiger partial charge is 0.252 e. The molecule has 0 aliphatic carbocycles. The summed E-state index contributed by atoms with van der Waals surface area (Å²) >= 11 is 6.77. The van der Waals surface area contributed by atoms with Crippen molar-refractivity contribution in [2.75, 3.05) is 26.2 Å². The molecule has 13 heteroatoms. The maximum atomic E-state index is 13.8. The molecule has 1 aromatic carbocycles. The van der Waals surface area contributed by atoms with Gasteiger partial charge in [-0.1, -0.05) is 23.7 Å². The van der Waals surface area contributed by atoms with Crippen molar-refractivity contribution in [3.63, 3.8) is 0 Å². The Bertz CT molecular complexity index is 1140. The molecule has 0 saturated carbocycles. The Morgan fingerprint density at radius 3 is 2.30 bits per heavy atom. The molecule has 0 radical (unpaired) electrons. The fourth-order valence-corrected chi connectivity index (χ4v) is 7.33. The van der Waals surface area contributed by atoms with E-state index in [0.29, 0.717) is 4.34 Å². The fraction of sp³-hybridized carbons (Fsp3) is 0.353. The minimum absolute atomic E-state index is 0.0658. The van der Waals surface area contributed by atoms with Crippen LogP contribution in [0.4, 0.5) is 4.39 Å². The number of thiophene rings is 1. The van der Waals surface area contributed by atoms with Gasteiger partial charge in [0, 0.05) is 26.2 Å². The lowest BCUT2D eigenvalue weighted by molar-refractivity contribution is -0.133. The first-order valence-electron chi connectivity index (χ1n) is 8.83. The first-order valence-corrected chi connectivity index (χ1v) is 13.0. The molecule has 3 rings (SSSR count). The molecular formula is C17H19ClFN3O5S3. The fourth-order valence-electron chi connectivity index (χ4n) is 3.00. The van der Waals surface area contributed by atoms with E-state index >= 15 is 0 Å². The molecule has 1 aliphatic rings. The van der Waals surface area contributed by atoms with Gasteiger partial charge in [0.05, 0.1) is 10.4 Å². The highest BCUT2D eigenvalue weighted by atomic mass is 35.5. The predicted octanol–water partition coefficient (Wildman–Crippen LogP) is 1.74. The highest BCUT2D eigenvalue weighted by Crippen LogP contribution is 2.28. The van der Waals surface area contributed by atoms with Gasteiger partial charge in [0.15, 0.2) is 0 Å². The molecular weight excluding hydrogens is 477 g/mol. The number of piperazine rings is 1. The van der Waals surface area contributed by atoms with Gasteiger partial charge in [-0.2, -0.15) is 9.03 Å². The van der Waals surface area contributed by atoms with E-state index in [9.17, 15) is 26.0 Å². The highest BCUT2D eigenvalue weighted by Gasteiger charge is 2.33. The predicted molar refractivity (Wildman–Crippen MR) is 111 cm³/mol. The van der Waals surface area contributed by atoms with E-state index < -0.39 is 42.7 Å². The number of sulfonamides is 2. The van der Waals surface area contributed by atoms with E-state index in [-0.39, 0.29) is 30.4 Å². The van der Waals surface area contributed by atoms with Crippen LogP contribution in [-0.4, -0.2) is 64.2 Å². The summed E-state index contributed by atoms with van der Waals surface area (Å²) in [4.78, 5) is 13.5. The quantitative estimate of drug-likeness (QED) is 0.657. The Kier molecular flexibility index (Phi) is 6.84. The monoisotopic (exact) mass is 495 g/mol. The van der Waals surface area contributed by atoms with Gasteiger partial charge in [-0.05, 0) is 31.2 Å². The lowest BCUT2D eigenvalue weighted by atomic mass is 10.2. The molecule has 1 atom stereocenters. The number of hydrogen-bond acceptors (Lipinski definition) is 6. The van der Waals surface area contributed by atoms with Crippen LogP contribution >= 0.6 is 22.9 Å². The van der Waals surface area contributed by atoms with E-state index in [0.717, 1.165) is 23.5 Å². The van der Waals surface area contributed by atoms with E-state index in [4.69, 9.17) is 11.6 Å². The number of hydrogen-bond donors (Lipinski definition) is 1. The van der Waals surface area contributed by atoms with Crippen molar-refractivity contribution in [1.29, 1.82) is 0 Å². The van der Waals surface area contributed by atoms with Crippen molar-refractivity contribution < 1.29 is 26.0 Å². The van der Waals surface area contributed by atoms with Gasteiger partial charge in [0.1, 0.15) is 14.9 Å². The van der Waals surface area contributed by atoms with Crippen LogP contribution in [0, 0.1) is 5.82 Å². The molecule has 1 amide bonds. The summed E-state index contributed by atoms with van der Waals surface area (Å²) in [6.45, 7) is 1.69. The molecule has 1 aliphatic heterocycles. The molecule has 1 aromatic heterocycles. The zero-order chi connectivity index (χ0) is 22.1. The van der Waals surface area contributed by atoms with Crippen molar-refractivity contribution in [3.05, 3.63) is 46.6 Å². The number of carbonyl (C=O) groups is 1. The Morgan fingerprint density at radius 1 is 1.10 bits per heavy atom. The average molecular weight is 496 g/mol. The van der Waals surface area contributed by atoms with Crippen molar-refractivity contribution in [3.8, 4) is 0 Å². The van der Waals surface area contributed by atoms with Gasteiger partial charge < -0.3 is 4.90 Å². The lowest BCUT2D eigenvalue weighted by Crippen LogP contribution is -2.55. The van der Waals surface area contributed by atoms with E-state index in [1.54, 1.807) is 0 Å². The lowest BCUT2D eigenvalue weighted by Gasteiger charge is -2.35. The molecule has 1 N–H and O–H groups in total. The minimum Gasteiger partial charge on any atom is -0.339 e. The first-order chi connectivity index (χ1) is 14.0. The molecule has 8 nitrogen and oxygen atoms in total. The highest BCUT2D eigenvalue weighted by molar-refractivity contribution is 7.91. The number of benzene rings is 1. The van der Waals surface area contributed by atoms with Crippen LogP contribution in [0.5, 0.6) is 0 Å². The molecule has 1 fully saturated rings. The van der Waals surface area contributed by atoms with E-state index in [1.807, 2.05) is 0 Å². The van der Waals surface area contributed by atoms with Crippen LogP contribution in [0.1, 0.15) is 6.92 Å². The normalized spacial score (nSPS) is 17.1. The van der Waals surface area contributed by atoms with Gasteiger partial charge >= 0.3 is 0 Å². The minimum atomic E-state index is -4.23. The second-order valence-corrected chi connectivity index (χ2v) is 12.1. The number of halogens is 2. The van der Waals surface area contributed by atoms with Crippen LogP contribution in [0.2, 0.25) is 4.34 Å². The van der Waals surface area contributed by atoms with Crippen LogP contribution in [0.25, 0.3) is 0 Å². The molecule has 2 aromatic rings. The zero-order valence-electron chi connectivity index (χ0n) is 15.8. The number of nitrogens with zero attached hydrogens (tertiary/aromatic N) is 2. The summed E-state index contributed by atoms with van der Waals surface area (Å²) in [5.74, 6) is -1.44. The molecule has 0 unspecified atom stereocenters.